The molecule has 2 heterocycles. The SMILES string of the molecule is COc1cnccc1-c1n[nH]c(C2CCCC2)n1. The largest absolute Gasteiger partial charge is 0.494 e. The zero-order chi connectivity index (χ0) is 12.4. The Morgan fingerprint density at radius 2 is 2.17 bits per heavy atom. The van der Waals surface area contributed by atoms with Crippen LogP contribution in [0, 0.1) is 0 Å². The monoisotopic (exact) mass is 244 g/mol. The van der Waals surface area contributed by atoms with Crippen LogP contribution in [0.4, 0.5) is 0 Å². The van der Waals surface area contributed by atoms with Gasteiger partial charge < -0.3 is 4.74 Å². The third-order valence-corrected chi connectivity index (χ3v) is 3.49. The first-order valence-corrected chi connectivity index (χ1v) is 6.29. The van der Waals surface area contributed by atoms with E-state index in [0.717, 1.165) is 11.4 Å². The van der Waals surface area contributed by atoms with Crippen LogP contribution in [-0.4, -0.2) is 27.3 Å². The number of hydrogen-bond donors (Lipinski definition) is 1. The molecule has 0 unspecified atom stereocenters. The lowest BCUT2D eigenvalue weighted by molar-refractivity contribution is 0.414. The lowest BCUT2D eigenvalue weighted by Crippen LogP contribution is -1.95. The van der Waals surface area contributed by atoms with Gasteiger partial charge in [0.25, 0.3) is 0 Å². The van der Waals surface area contributed by atoms with E-state index in [0.29, 0.717) is 17.5 Å². The molecule has 0 bridgehead atoms. The molecular weight excluding hydrogens is 228 g/mol. The molecule has 0 radical (unpaired) electrons. The molecule has 1 aliphatic rings. The van der Waals surface area contributed by atoms with Gasteiger partial charge in [-0.1, -0.05) is 12.8 Å². The van der Waals surface area contributed by atoms with Gasteiger partial charge >= 0.3 is 0 Å². The maximum Gasteiger partial charge on any atom is 0.185 e. The third-order valence-electron chi connectivity index (χ3n) is 3.49. The molecule has 0 aromatic carbocycles. The summed E-state index contributed by atoms with van der Waals surface area (Å²) in [4.78, 5) is 8.63. The first kappa shape index (κ1) is 11.2. The van der Waals surface area contributed by atoms with Crippen molar-refractivity contribution in [3.05, 3.63) is 24.3 Å². The van der Waals surface area contributed by atoms with Gasteiger partial charge in [-0.2, -0.15) is 5.10 Å². The topological polar surface area (TPSA) is 63.7 Å². The van der Waals surface area contributed by atoms with Crippen molar-refractivity contribution >= 4 is 0 Å². The lowest BCUT2D eigenvalue weighted by Gasteiger charge is -2.04. The maximum absolute atomic E-state index is 5.28. The smallest absolute Gasteiger partial charge is 0.185 e. The summed E-state index contributed by atoms with van der Waals surface area (Å²) in [6.07, 6.45) is 8.41. The Balaban J connectivity index is 1.92. The zero-order valence-electron chi connectivity index (χ0n) is 10.4. The Bertz CT molecular complexity index is 531. The van der Waals surface area contributed by atoms with Crippen LogP contribution < -0.4 is 4.74 Å². The Hall–Kier alpha value is -1.91. The fraction of sp³-hybridized carbons (Fsp3) is 0.462. The molecule has 1 N–H and O–H groups in total. The molecule has 0 atom stereocenters. The number of rotatable bonds is 3. The van der Waals surface area contributed by atoms with Crippen molar-refractivity contribution in [1.29, 1.82) is 0 Å². The number of methoxy groups -OCH3 is 1. The highest BCUT2D eigenvalue weighted by molar-refractivity contribution is 5.62. The van der Waals surface area contributed by atoms with Gasteiger partial charge in [-0.05, 0) is 18.9 Å². The highest BCUT2D eigenvalue weighted by Crippen LogP contribution is 2.33. The molecule has 2 aromatic rings. The van der Waals surface area contributed by atoms with Crippen LogP contribution in [0.15, 0.2) is 18.5 Å². The molecule has 1 saturated carbocycles. The zero-order valence-corrected chi connectivity index (χ0v) is 10.4. The fourth-order valence-electron chi connectivity index (χ4n) is 2.50. The van der Waals surface area contributed by atoms with Crippen LogP contribution in [0.5, 0.6) is 5.75 Å². The molecule has 0 spiro atoms. The number of nitrogens with one attached hydrogen (secondary N) is 1. The van der Waals surface area contributed by atoms with Gasteiger partial charge in [-0.25, -0.2) is 4.98 Å². The predicted octanol–water partition coefficient (Wildman–Crippen LogP) is 2.53. The minimum Gasteiger partial charge on any atom is -0.494 e. The van der Waals surface area contributed by atoms with E-state index < -0.39 is 0 Å². The van der Waals surface area contributed by atoms with Crippen molar-refractivity contribution in [3.63, 3.8) is 0 Å². The third kappa shape index (κ3) is 1.96. The molecule has 94 valence electrons. The molecule has 1 aliphatic carbocycles. The van der Waals surface area contributed by atoms with E-state index in [1.807, 2.05) is 6.07 Å². The summed E-state index contributed by atoms with van der Waals surface area (Å²) in [7, 11) is 1.63. The molecule has 3 rings (SSSR count). The summed E-state index contributed by atoms with van der Waals surface area (Å²) in [6, 6.07) is 1.88. The van der Waals surface area contributed by atoms with E-state index in [4.69, 9.17) is 4.74 Å². The van der Waals surface area contributed by atoms with E-state index in [2.05, 4.69) is 20.2 Å². The summed E-state index contributed by atoms with van der Waals surface area (Å²) in [5.74, 6) is 2.94. The van der Waals surface area contributed by atoms with Gasteiger partial charge in [-0.15, -0.1) is 0 Å². The fourth-order valence-corrected chi connectivity index (χ4v) is 2.50. The number of nitrogens with zero attached hydrogens (tertiary/aromatic N) is 3. The van der Waals surface area contributed by atoms with Crippen LogP contribution in [0.3, 0.4) is 0 Å². The second-order valence-corrected chi connectivity index (χ2v) is 4.60. The van der Waals surface area contributed by atoms with Gasteiger partial charge in [0.05, 0.1) is 18.9 Å². The van der Waals surface area contributed by atoms with Crippen molar-refractivity contribution in [3.8, 4) is 17.1 Å². The minimum absolute atomic E-state index is 0.541. The van der Waals surface area contributed by atoms with E-state index >= 15 is 0 Å². The van der Waals surface area contributed by atoms with Crippen LogP contribution in [0.2, 0.25) is 0 Å². The van der Waals surface area contributed by atoms with E-state index in [1.165, 1.54) is 25.7 Å². The summed E-state index contributed by atoms with van der Waals surface area (Å²) < 4.78 is 5.28. The highest BCUT2D eigenvalue weighted by Gasteiger charge is 2.21. The number of aromatic nitrogens is 4. The molecule has 18 heavy (non-hydrogen) atoms. The number of aromatic amines is 1. The van der Waals surface area contributed by atoms with Gasteiger partial charge in [0, 0.05) is 12.1 Å². The number of ether oxygens (including phenoxy) is 1. The van der Waals surface area contributed by atoms with E-state index in [-0.39, 0.29) is 0 Å². The maximum atomic E-state index is 5.28. The average Bonchev–Trinajstić information content (AvgIpc) is 3.09. The summed E-state index contributed by atoms with van der Waals surface area (Å²) >= 11 is 0. The number of hydrogen-bond acceptors (Lipinski definition) is 4. The Morgan fingerprint density at radius 3 is 2.94 bits per heavy atom. The number of pyridine rings is 1. The van der Waals surface area contributed by atoms with Crippen LogP contribution in [0.1, 0.15) is 37.4 Å². The lowest BCUT2D eigenvalue weighted by atomic mass is 10.1. The van der Waals surface area contributed by atoms with Crippen molar-refractivity contribution in [2.24, 2.45) is 0 Å². The molecule has 1 fully saturated rings. The molecule has 0 aliphatic heterocycles. The molecule has 0 saturated heterocycles. The normalized spacial score (nSPS) is 16.1. The minimum atomic E-state index is 0.541. The first-order valence-electron chi connectivity index (χ1n) is 6.29. The van der Waals surface area contributed by atoms with E-state index in [9.17, 15) is 0 Å². The Morgan fingerprint density at radius 1 is 1.33 bits per heavy atom. The summed E-state index contributed by atoms with van der Waals surface area (Å²) in [5.41, 5.74) is 0.882. The summed E-state index contributed by atoms with van der Waals surface area (Å²) in [6.45, 7) is 0. The van der Waals surface area contributed by atoms with Crippen LogP contribution >= 0.6 is 0 Å². The summed E-state index contributed by atoms with van der Waals surface area (Å²) in [5, 5.41) is 7.36. The average molecular weight is 244 g/mol. The molecule has 0 amide bonds. The van der Waals surface area contributed by atoms with Crippen LogP contribution in [0.25, 0.3) is 11.4 Å². The number of H-pyrrole nitrogens is 1. The van der Waals surface area contributed by atoms with Crippen molar-refractivity contribution in [2.75, 3.05) is 7.11 Å². The second-order valence-electron chi connectivity index (χ2n) is 4.60. The first-order chi connectivity index (χ1) is 8.88. The molecule has 5 heteroatoms. The van der Waals surface area contributed by atoms with Gasteiger partial charge in [-0.3, -0.25) is 10.1 Å². The molecule has 2 aromatic heterocycles. The standard InChI is InChI=1S/C13H16N4O/c1-18-11-8-14-7-6-10(11)13-15-12(16-17-13)9-4-2-3-5-9/h6-9H,2-5H2,1H3,(H,15,16,17). The van der Waals surface area contributed by atoms with Gasteiger partial charge in [0.15, 0.2) is 5.82 Å². The highest BCUT2D eigenvalue weighted by atomic mass is 16.5. The van der Waals surface area contributed by atoms with E-state index in [1.54, 1.807) is 19.5 Å². The Kier molecular flexibility index (Phi) is 2.96. The molecule has 5 nitrogen and oxygen atoms in total. The van der Waals surface area contributed by atoms with Crippen molar-refractivity contribution < 1.29 is 4.74 Å². The van der Waals surface area contributed by atoms with Crippen LogP contribution in [-0.2, 0) is 0 Å². The predicted molar refractivity (Wildman–Crippen MR) is 67.4 cm³/mol. The van der Waals surface area contributed by atoms with Gasteiger partial charge in [0.2, 0.25) is 0 Å². The van der Waals surface area contributed by atoms with Gasteiger partial charge in [0.1, 0.15) is 11.6 Å². The van der Waals surface area contributed by atoms with Crippen molar-refractivity contribution in [1.82, 2.24) is 20.2 Å². The molecular formula is C13H16N4O. The quantitative estimate of drug-likeness (QED) is 0.901. The van der Waals surface area contributed by atoms with Crippen molar-refractivity contribution in [2.45, 2.75) is 31.6 Å². The Labute approximate surface area is 106 Å². The second kappa shape index (κ2) is 4.76.